The molecule has 4 aliphatic carbocycles. The number of ketones is 1. The van der Waals surface area contributed by atoms with Crippen molar-refractivity contribution in [2.75, 3.05) is 6.61 Å². The van der Waals surface area contributed by atoms with Crippen LogP contribution in [0.2, 0.25) is 0 Å². The average molecular weight is 643 g/mol. The highest BCUT2D eigenvalue weighted by Gasteiger charge is 2.84. The van der Waals surface area contributed by atoms with E-state index in [1.165, 1.54) is 0 Å². The van der Waals surface area contributed by atoms with E-state index in [2.05, 4.69) is 13.0 Å². The first-order valence-corrected chi connectivity index (χ1v) is 17.4. The molecule has 0 aromatic heterocycles. The average Bonchev–Trinajstić information content (AvgIpc) is 3.60. The Balaban J connectivity index is 1.48. The van der Waals surface area contributed by atoms with Gasteiger partial charge in [-0.15, -0.1) is 0 Å². The minimum atomic E-state index is -1.47. The first kappa shape index (κ1) is 35.0. The normalized spacial score (nSPS) is 43.3. The molecule has 0 spiro atoms. The summed E-state index contributed by atoms with van der Waals surface area (Å²) in [6, 6.07) is 0. The highest BCUT2D eigenvalue weighted by molar-refractivity contribution is 5.95. The molecule has 12 atom stereocenters. The predicted octanol–water partition coefficient (Wildman–Crippen LogP) is 5.24. The maximum Gasteiger partial charge on any atom is 0.315 e. The quantitative estimate of drug-likeness (QED) is 0.0809. The van der Waals surface area contributed by atoms with E-state index in [9.17, 15) is 29.7 Å². The summed E-state index contributed by atoms with van der Waals surface area (Å²) in [7, 11) is 0. The molecule has 0 aromatic carbocycles. The molecule has 1 aliphatic heterocycles. The number of carboxylic acids is 1. The maximum atomic E-state index is 13.8. The number of fused-ring (bicyclic) bond motifs is 2. The van der Waals surface area contributed by atoms with Gasteiger partial charge in [0, 0.05) is 11.3 Å². The van der Waals surface area contributed by atoms with Gasteiger partial charge in [-0.2, -0.15) is 0 Å². The Kier molecular flexibility index (Phi) is 9.84. The van der Waals surface area contributed by atoms with Crippen molar-refractivity contribution in [1.29, 1.82) is 0 Å². The second-order valence-corrected chi connectivity index (χ2v) is 15.0. The summed E-state index contributed by atoms with van der Waals surface area (Å²) in [6.45, 7) is 13.5. The van der Waals surface area contributed by atoms with Gasteiger partial charge in [0.2, 0.25) is 0 Å². The van der Waals surface area contributed by atoms with Crippen LogP contribution in [0.25, 0.3) is 0 Å². The summed E-state index contributed by atoms with van der Waals surface area (Å²) >= 11 is 0. The lowest BCUT2D eigenvalue weighted by molar-refractivity contribution is -0.305. The predicted molar refractivity (Wildman–Crippen MR) is 171 cm³/mol. The molecule has 9 nitrogen and oxygen atoms in total. The Morgan fingerprint density at radius 3 is 2.39 bits per heavy atom. The fourth-order valence-corrected chi connectivity index (χ4v) is 10.5. The molecular weight excluding hydrogens is 588 g/mol. The number of hydrogen-bond acceptors (Lipinski definition) is 8. The zero-order valence-corrected chi connectivity index (χ0v) is 28.5. The SMILES string of the molecule is C/C=C/C=C(/O[C@H]1[C@H](O)[C@H](OCC23C[C@@H]4[C@H](C)CC[C@H]4C4(C=O)CC2C=C(C(C)C)C34C(=O)O)O[C@H](C)[C@H]1O)C(=O)C(CC)CC. The third kappa shape index (κ3) is 4.81. The number of rotatable bonds is 13. The number of ether oxygens (including phenoxy) is 3. The largest absolute Gasteiger partial charge is 0.481 e. The lowest BCUT2D eigenvalue weighted by Crippen LogP contribution is -2.64. The summed E-state index contributed by atoms with van der Waals surface area (Å²) in [4.78, 5) is 40.5. The van der Waals surface area contributed by atoms with Gasteiger partial charge in [0.1, 0.15) is 23.9 Å². The van der Waals surface area contributed by atoms with Crippen LogP contribution < -0.4 is 0 Å². The van der Waals surface area contributed by atoms with Gasteiger partial charge in [-0.25, -0.2) is 0 Å². The van der Waals surface area contributed by atoms with Crippen molar-refractivity contribution in [3.05, 3.63) is 35.6 Å². The van der Waals surface area contributed by atoms with Crippen molar-refractivity contribution >= 4 is 18.0 Å². The fraction of sp³-hybridized carbons (Fsp3) is 0.757. The van der Waals surface area contributed by atoms with Crippen LogP contribution in [0.5, 0.6) is 0 Å². The molecule has 1 saturated heterocycles. The molecule has 0 radical (unpaired) electrons. The molecule has 4 fully saturated rings. The van der Waals surface area contributed by atoms with E-state index >= 15 is 0 Å². The maximum absolute atomic E-state index is 13.8. The number of aldehydes is 1. The topological polar surface area (TPSA) is 140 Å². The first-order valence-electron chi connectivity index (χ1n) is 17.4. The highest BCUT2D eigenvalue weighted by Crippen LogP contribution is 2.82. The molecule has 46 heavy (non-hydrogen) atoms. The number of carbonyl (C=O) groups excluding carboxylic acids is 2. The molecule has 0 aromatic rings. The van der Waals surface area contributed by atoms with Crippen LogP contribution in [0, 0.1) is 51.8 Å². The van der Waals surface area contributed by atoms with Crippen molar-refractivity contribution in [2.24, 2.45) is 51.8 Å². The van der Waals surface area contributed by atoms with Gasteiger partial charge in [-0.1, -0.05) is 64.8 Å². The molecule has 5 rings (SSSR count). The number of hydrogen-bond donors (Lipinski definition) is 3. The molecule has 4 unspecified atom stereocenters. The highest BCUT2D eigenvalue weighted by atomic mass is 16.7. The van der Waals surface area contributed by atoms with Crippen LogP contribution in [0.1, 0.15) is 87.0 Å². The number of aliphatic hydroxyl groups is 2. The molecule has 3 N–H and O–H groups in total. The molecule has 5 aliphatic rings. The third-order valence-electron chi connectivity index (χ3n) is 12.7. The van der Waals surface area contributed by atoms with Crippen LogP contribution >= 0.6 is 0 Å². The smallest absolute Gasteiger partial charge is 0.315 e. The zero-order valence-electron chi connectivity index (χ0n) is 28.5. The summed E-state index contributed by atoms with van der Waals surface area (Å²) in [5.41, 5.74) is -2.55. The lowest BCUT2D eigenvalue weighted by atomic mass is 9.43. The molecular formula is C37H54O9. The van der Waals surface area contributed by atoms with E-state index in [1.807, 2.05) is 34.6 Å². The summed E-state index contributed by atoms with van der Waals surface area (Å²) in [5, 5.41) is 34.0. The second kappa shape index (κ2) is 12.9. The van der Waals surface area contributed by atoms with Gasteiger partial charge in [-0.3, -0.25) is 9.59 Å². The van der Waals surface area contributed by atoms with Crippen LogP contribution in [-0.2, 0) is 28.6 Å². The Labute approximate surface area is 273 Å². The minimum absolute atomic E-state index is 0.00358. The Hall–Kier alpha value is -2.33. The van der Waals surface area contributed by atoms with E-state index in [0.717, 1.165) is 24.7 Å². The first-order chi connectivity index (χ1) is 21.8. The summed E-state index contributed by atoms with van der Waals surface area (Å²) < 4.78 is 18.6. The van der Waals surface area contributed by atoms with Crippen molar-refractivity contribution in [3.63, 3.8) is 0 Å². The molecule has 1 heterocycles. The molecule has 256 valence electrons. The van der Waals surface area contributed by atoms with Crippen LogP contribution in [0.3, 0.4) is 0 Å². The van der Waals surface area contributed by atoms with Crippen molar-refractivity contribution in [3.8, 4) is 0 Å². The van der Waals surface area contributed by atoms with E-state index in [1.54, 1.807) is 25.2 Å². The van der Waals surface area contributed by atoms with Crippen molar-refractivity contribution in [1.82, 2.24) is 0 Å². The van der Waals surface area contributed by atoms with Crippen LogP contribution in [0.4, 0.5) is 0 Å². The van der Waals surface area contributed by atoms with Gasteiger partial charge in [0.25, 0.3) is 0 Å². The summed E-state index contributed by atoms with van der Waals surface area (Å²) in [5.74, 6) is -1.11. The van der Waals surface area contributed by atoms with E-state index in [-0.39, 0.29) is 47.7 Å². The van der Waals surface area contributed by atoms with Gasteiger partial charge >= 0.3 is 5.97 Å². The zero-order chi connectivity index (χ0) is 33.8. The third-order valence-corrected chi connectivity index (χ3v) is 12.7. The molecule has 9 heteroatoms. The minimum Gasteiger partial charge on any atom is -0.481 e. The van der Waals surface area contributed by atoms with E-state index < -0.39 is 52.9 Å². The van der Waals surface area contributed by atoms with Crippen LogP contribution in [0.15, 0.2) is 35.6 Å². The number of aliphatic hydroxyl groups excluding tert-OH is 2. The van der Waals surface area contributed by atoms with Crippen molar-refractivity contribution < 1.29 is 43.9 Å². The molecule has 0 amide bonds. The summed E-state index contributed by atoms with van der Waals surface area (Å²) in [6.07, 6.45) is 6.21. The Morgan fingerprint density at radius 2 is 1.80 bits per heavy atom. The number of aliphatic carboxylic acids is 1. The van der Waals surface area contributed by atoms with Gasteiger partial charge < -0.3 is 34.3 Å². The van der Waals surface area contributed by atoms with Crippen LogP contribution in [-0.4, -0.2) is 70.7 Å². The monoisotopic (exact) mass is 642 g/mol. The number of allylic oxidation sites excluding steroid dienone is 5. The van der Waals surface area contributed by atoms with Gasteiger partial charge in [0.05, 0.1) is 18.1 Å². The number of carboxylic acid groups (broad SMARTS) is 1. The Bertz CT molecular complexity index is 1280. The van der Waals surface area contributed by atoms with E-state index in [4.69, 9.17) is 14.2 Å². The number of carbonyl (C=O) groups is 3. The fourth-order valence-electron chi connectivity index (χ4n) is 10.5. The lowest BCUT2D eigenvalue weighted by Gasteiger charge is -2.58. The standard InChI is InChI=1S/C37H54O9/c1-8-11-12-28(30(40)23(9-2)10-3)46-32-29(39)22(7)45-33(31(32)41)44-19-36-17-25-21(6)13-14-26(25)35(18-38)16-24(36)15-27(20(4)5)37(35,36)34(42)43/h8,11-12,15,18,20-26,29,31-33,39,41H,9-10,13-14,16-17,19H2,1-7H3,(H,42,43)/b11-8+,28-12+/t21-,22-,24?,25-,26-,29-,31+,32-,33-,35?,36?,37?/m1/s1. The van der Waals surface area contributed by atoms with Crippen molar-refractivity contribution in [2.45, 2.75) is 118 Å². The van der Waals surface area contributed by atoms with E-state index in [0.29, 0.717) is 31.6 Å². The van der Waals surface area contributed by atoms with Gasteiger partial charge in [0.15, 0.2) is 23.9 Å². The molecule has 3 saturated carbocycles. The number of Topliss-reactive ketones (excluding diaryl/α,β-unsaturated/α-hetero) is 1. The van der Waals surface area contributed by atoms with Gasteiger partial charge in [-0.05, 0) is 81.6 Å². The molecule has 4 bridgehead atoms. The second-order valence-electron chi connectivity index (χ2n) is 15.0. The Morgan fingerprint density at radius 1 is 1.11 bits per heavy atom.